The Morgan fingerprint density at radius 2 is 2.06 bits per heavy atom. The van der Waals surface area contributed by atoms with E-state index in [2.05, 4.69) is 26.2 Å². The summed E-state index contributed by atoms with van der Waals surface area (Å²) < 4.78 is 10.7. The van der Waals surface area contributed by atoms with Crippen molar-refractivity contribution >= 4 is 27.8 Å². The third kappa shape index (κ3) is 4.60. The lowest BCUT2D eigenvalue weighted by atomic mass is 10.2. The summed E-state index contributed by atoms with van der Waals surface area (Å²) in [5, 5.41) is 2.54. The molecule has 0 aliphatic rings. The number of amides is 1. The Kier molecular flexibility index (Phi) is 4.34. The average molecular weight is 303 g/mol. The first-order chi connectivity index (χ1) is 7.81. The molecule has 1 heterocycles. The Morgan fingerprint density at radius 3 is 2.59 bits per heavy atom. The zero-order valence-electron chi connectivity index (χ0n) is 10.2. The SMILES string of the molecule is COc1ccc(Br)c(NC(=O)OC(C)(C)C)n1. The van der Waals surface area contributed by atoms with Gasteiger partial charge in [-0.15, -0.1) is 0 Å². The summed E-state index contributed by atoms with van der Waals surface area (Å²) in [6, 6.07) is 3.42. The summed E-state index contributed by atoms with van der Waals surface area (Å²) in [4.78, 5) is 15.6. The quantitative estimate of drug-likeness (QED) is 0.911. The van der Waals surface area contributed by atoms with Gasteiger partial charge in [0.2, 0.25) is 5.88 Å². The molecule has 1 amide bonds. The van der Waals surface area contributed by atoms with Gasteiger partial charge in [0, 0.05) is 6.07 Å². The minimum Gasteiger partial charge on any atom is -0.481 e. The van der Waals surface area contributed by atoms with Crippen LogP contribution in [-0.4, -0.2) is 23.8 Å². The van der Waals surface area contributed by atoms with Gasteiger partial charge in [-0.3, -0.25) is 5.32 Å². The monoisotopic (exact) mass is 302 g/mol. The van der Waals surface area contributed by atoms with E-state index in [1.54, 1.807) is 32.9 Å². The zero-order valence-corrected chi connectivity index (χ0v) is 11.8. The third-order valence-corrected chi connectivity index (χ3v) is 2.29. The second-order valence-corrected chi connectivity index (χ2v) is 5.17. The van der Waals surface area contributed by atoms with Gasteiger partial charge in [-0.25, -0.2) is 4.79 Å². The van der Waals surface area contributed by atoms with Crippen molar-refractivity contribution in [3.05, 3.63) is 16.6 Å². The lowest BCUT2D eigenvalue weighted by Gasteiger charge is -2.19. The smallest absolute Gasteiger partial charge is 0.413 e. The molecular formula is C11H15BrN2O3. The van der Waals surface area contributed by atoms with Crippen LogP contribution in [0.25, 0.3) is 0 Å². The van der Waals surface area contributed by atoms with Gasteiger partial charge in [-0.1, -0.05) is 0 Å². The van der Waals surface area contributed by atoms with Crippen LogP contribution in [0.15, 0.2) is 16.6 Å². The first-order valence-electron chi connectivity index (χ1n) is 5.02. The standard InChI is InChI=1S/C11H15BrN2O3/c1-11(2,3)17-10(15)14-9-7(12)5-6-8(13-9)16-4/h5-6H,1-4H3,(H,13,14,15). The number of aromatic nitrogens is 1. The maximum Gasteiger partial charge on any atom is 0.413 e. The summed E-state index contributed by atoms with van der Waals surface area (Å²) in [7, 11) is 1.51. The Bertz CT molecular complexity index is 416. The van der Waals surface area contributed by atoms with Crippen LogP contribution < -0.4 is 10.1 Å². The van der Waals surface area contributed by atoms with Crippen LogP contribution in [0.2, 0.25) is 0 Å². The molecule has 1 aromatic heterocycles. The van der Waals surface area contributed by atoms with Gasteiger partial charge < -0.3 is 9.47 Å². The van der Waals surface area contributed by atoms with Gasteiger partial charge in [0.05, 0.1) is 11.6 Å². The second kappa shape index (κ2) is 5.35. The van der Waals surface area contributed by atoms with Crippen LogP contribution in [0, 0.1) is 0 Å². The number of halogens is 1. The Balaban J connectivity index is 2.77. The second-order valence-electron chi connectivity index (χ2n) is 4.31. The van der Waals surface area contributed by atoms with Gasteiger partial charge in [-0.2, -0.15) is 4.98 Å². The first-order valence-corrected chi connectivity index (χ1v) is 5.81. The molecule has 0 atom stereocenters. The first kappa shape index (κ1) is 13.8. The fourth-order valence-corrected chi connectivity index (χ4v) is 1.35. The maximum absolute atomic E-state index is 11.5. The van der Waals surface area contributed by atoms with Crippen molar-refractivity contribution in [2.24, 2.45) is 0 Å². The molecule has 1 N–H and O–H groups in total. The molecule has 0 saturated carbocycles. The van der Waals surface area contributed by atoms with Crippen LogP contribution in [0.1, 0.15) is 20.8 Å². The topological polar surface area (TPSA) is 60.5 Å². The van der Waals surface area contributed by atoms with E-state index < -0.39 is 11.7 Å². The molecule has 0 spiro atoms. The molecule has 0 aliphatic heterocycles. The highest BCUT2D eigenvalue weighted by Gasteiger charge is 2.17. The molecular weight excluding hydrogens is 288 g/mol. The number of hydrogen-bond acceptors (Lipinski definition) is 4. The van der Waals surface area contributed by atoms with Crippen molar-refractivity contribution in [1.82, 2.24) is 4.98 Å². The number of nitrogens with one attached hydrogen (secondary N) is 1. The Hall–Kier alpha value is -1.30. The number of ether oxygens (including phenoxy) is 2. The molecule has 0 bridgehead atoms. The molecule has 0 saturated heterocycles. The van der Waals surface area contributed by atoms with Gasteiger partial charge in [0.15, 0.2) is 5.82 Å². The normalized spacial score (nSPS) is 10.9. The van der Waals surface area contributed by atoms with Gasteiger partial charge in [-0.05, 0) is 42.8 Å². The Morgan fingerprint density at radius 1 is 1.41 bits per heavy atom. The number of pyridine rings is 1. The molecule has 94 valence electrons. The van der Waals surface area contributed by atoms with Crippen LogP contribution in [-0.2, 0) is 4.74 Å². The molecule has 0 unspecified atom stereocenters. The molecule has 6 heteroatoms. The molecule has 0 aliphatic carbocycles. The van der Waals surface area contributed by atoms with E-state index in [1.165, 1.54) is 7.11 Å². The third-order valence-electron chi connectivity index (χ3n) is 1.65. The number of carbonyl (C=O) groups excluding carboxylic acids is 1. The molecule has 0 fully saturated rings. The van der Waals surface area contributed by atoms with E-state index in [0.29, 0.717) is 16.2 Å². The van der Waals surface area contributed by atoms with Crippen LogP contribution in [0.3, 0.4) is 0 Å². The predicted molar refractivity (Wildman–Crippen MR) is 68.3 cm³/mol. The highest BCUT2D eigenvalue weighted by molar-refractivity contribution is 9.10. The summed E-state index contributed by atoms with van der Waals surface area (Å²) in [5.41, 5.74) is -0.546. The van der Waals surface area contributed by atoms with E-state index in [1.807, 2.05) is 0 Å². The van der Waals surface area contributed by atoms with E-state index >= 15 is 0 Å². The summed E-state index contributed by atoms with van der Waals surface area (Å²) in [6.07, 6.45) is -0.557. The van der Waals surface area contributed by atoms with Gasteiger partial charge in [0.25, 0.3) is 0 Å². The number of anilines is 1. The van der Waals surface area contributed by atoms with Crippen LogP contribution in [0.4, 0.5) is 10.6 Å². The lowest BCUT2D eigenvalue weighted by Crippen LogP contribution is -2.27. The zero-order chi connectivity index (χ0) is 13.1. The highest BCUT2D eigenvalue weighted by atomic mass is 79.9. The predicted octanol–water partition coefficient (Wildman–Crippen LogP) is 3.20. The van der Waals surface area contributed by atoms with Gasteiger partial charge >= 0.3 is 6.09 Å². The summed E-state index contributed by atoms with van der Waals surface area (Å²) in [6.45, 7) is 5.38. The molecule has 1 rings (SSSR count). The molecule has 0 aromatic carbocycles. The molecule has 1 aromatic rings. The van der Waals surface area contributed by atoms with Crippen molar-refractivity contribution in [3.8, 4) is 5.88 Å². The van der Waals surface area contributed by atoms with Crippen LogP contribution >= 0.6 is 15.9 Å². The Labute approximate surface area is 109 Å². The van der Waals surface area contributed by atoms with E-state index in [4.69, 9.17) is 9.47 Å². The fourth-order valence-electron chi connectivity index (χ4n) is 1.03. The van der Waals surface area contributed by atoms with Crippen LogP contribution in [0.5, 0.6) is 5.88 Å². The number of rotatable bonds is 2. The van der Waals surface area contributed by atoms with E-state index in [0.717, 1.165) is 0 Å². The van der Waals surface area contributed by atoms with Crippen molar-refractivity contribution < 1.29 is 14.3 Å². The molecule has 5 nitrogen and oxygen atoms in total. The molecule has 0 radical (unpaired) electrons. The highest BCUT2D eigenvalue weighted by Crippen LogP contribution is 2.23. The van der Waals surface area contributed by atoms with Crippen molar-refractivity contribution in [1.29, 1.82) is 0 Å². The maximum atomic E-state index is 11.5. The lowest BCUT2D eigenvalue weighted by molar-refractivity contribution is 0.0635. The van der Waals surface area contributed by atoms with Crippen molar-refractivity contribution in [2.45, 2.75) is 26.4 Å². The minimum absolute atomic E-state index is 0.360. The van der Waals surface area contributed by atoms with E-state index in [9.17, 15) is 4.79 Å². The molecule has 17 heavy (non-hydrogen) atoms. The largest absolute Gasteiger partial charge is 0.481 e. The number of carbonyl (C=O) groups is 1. The van der Waals surface area contributed by atoms with E-state index in [-0.39, 0.29) is 0 Å². The average Bonchev–Trinajstić information content (AvgIpc) is 2.18. The van der Waals surface area contributed by atoms with Crippen molar-refractivity contribution in [2.75, 3.05) is 12.4 Å². The van der Waals surface area contributed by atoms with Crippen molar-refractivity contribution in [3.63, 3.8) is 0 Å². The van der Waals surface area contributed by atoms with Gasteiger partial charge in [0.1, 0.15) is 5.60 Å². The minimum atomic E-state index is -0.557. The summed E-state index contributed by atoms with van der Waals surface area (Å²) >= 11 is 3.28. The fraction of sp³-hybridized carbons (Fsp3) is 0.455. The number of nitrogens with zero attached hydrogens (tertiary/aromatic N) is 1. The summed E-state index contributed by atoms with van der Waals surface area (Å²) in [5.74, 6) is 0.776. The number of methoxy groups -OCH3 is 1. The number of hydrogen-bond donors (Lipinski definition) is 1.